The number of halogens is 1. The van der Waals surface area contributed by atoms with Crippen molar-refractivity contribution in [2.75, 3.05) is 18.5 Å². The van der Waals surface area contributed by atoms with Crippen molar-refractivity contribution in [3.63, 3.8) is 0 Å². The summed E-state index contributed by atoms with van der Waals surface area (Å²) >= 11 is 5.81. The van der Waals surface area contributed by atoms with E-state index in [-0.39, 0.29) is 19.1 Å². The van der Waals surface area contributed by atoms with Crippen molar-refractivity contribution < 1.29 is 19.1 Å². The molecular weight excluding hydrogens is 344 g/mol. The van der Waals surface area contributed by atoms with Crippen LogP contribution in [-0.2, 0) is 16.1 Å². The highest BCUT2D eigenvalue weighted by Gasteiger charge is 2.06. The largest absolute Gasteiger partial charge is 0.484 e. The molecule has 2 aromatic rings. The highest BCUT2D eigenvalue weighted by atomic mass is 35.5. The second-order valence-electron chi connectivity index (χ2n) is 5.07. The lowest BCUT2D eigenvalue weighted by atomic mass is 10.2. The lowest BCUT2D eigenvalue weighted by Crippen LogP contribution is -2.28. The fraction of sp³-hybridized carbons (Fsp3) is 0.222. The van der Waals surface area contributed by atoms with E-state index >= 15 is 0 Å². The van der Waals surface area contributed by atoms with Crippen LogP contribution in [0, 0.1) is 0 Å². The number of nitrogens with one attached hydrogen (secondary N) is 2. The zero-order valence-electron chi connectivity index (χ0n) is 13.8. The van der Waals surface area contributed by atoms with Gasteiger partial charge in [0.1, 0.15) is 5.75 Å². The highest BCUT2D eigenvalue weighted by Crippen LogP contribution is 2.17. The maximum atomic E-state index is 11.9. The van der Waals surface area contributed by atoms with E-state index in [1.54, 1.807) is 43.3 Å². The van der Waals surface area contributed by atoms with Gasteiger partial charge < -0.3 is 14.8 Å². The van der Waals surface area contributed by atoms with Gasteiger partial charge in [-0.05, 0) is 36.8 Å². The van der Waals surface area contributed by atoms with Gasteiger partial charge >= 0.3 is 6.09 Å². The normalized spacial score (nSPS) is 10.0. The molecule has 0 atom stereocenters. The third-order valence-corrected chi connectivity index (χ3v) is 3.38. The van der Waals surface area contributed by atoms with E-state index in [0.29, 0.717) is 23.0 Å². The van der Waals surface area contributed by atoms with Crippen LogP contribution >= 0.6 is 11.6 Å². The molecule has 0 aliphatic carbocycles. The first-order valence-electron chi connectivity index (χ1n) is 7.74. The summed E-state index contributed by atoms with van der Waals surface area (Å²) in [6.07, 6.45) is -0.541. The van der Waals surface area contributed by atoms with Crippen molar-refractivity contribution in [2.24, 2.45) is 0 Å². The van der Waals surface area contributed by atoms with Crippen LogP contribution in [0.5, 0.6) is 5.75 Å². The predicted molar refractivity (Wildman–Crippen MR) is 95.9 cm³/mol. The van der Waals surface area contributed by atoms with Crippen LogP contribution < -0.4 is 15.4 Å². The van der Waals surface area contributed by atoms with Crippen LogP contribution in [0.1, 0.15) is 12.5 Å². The van der Waals surface area contributed by atoms with Crippen molar-refractivity contribution in [3.05, 3.63) is 59.1 Å². The fourth-order valence-corrected chi connectivity index (χ4v) is 2.08. The number of carbonyl (C=O) groups is 2. The van der Waals surface area contributed by atoms with Crippen molar-refractivity contribution >= 4 is 29.3 Å². The Hall–Kier alpha value is -2.73. The molecule has 0 heterocycles. The summed E-state index contributed by atoms with van der Waals surface area (Å²) in [5.74, 6) is 0.217. The molecule has 0 saturated carbocycles. The molecule has 132 valence electrons. The molecule has 0 aromatic heterocycles. The first kappa shape index (κ1) is 18.6. The van der Waals surface area contributed by atoms with E-state index in [1.807, 2.05) is 12.1 Å². The zero-order valence-corrected chi connectivity index (χ0v) is 14.5. The quantitative estimate of drug-likeness (QED) is 0.789. The number of hydrogen-bond donors (Lipinski definition) is 2. The minimum atomic E-state index is -0.541. The molecular formula is C18H19ClN2O4. The first-order valence-corrected chi connectivity index (χ1v) is 8.12. The number of ether oxygens (including phenoxy) is 2. The fourth-order valence-electron chi connectivity index (χ4n) is 1.95. The number of carbonyl (C=O) groups excluding carboxylic acids is 2. The molecule has 2 amide bonds. The summed E-state index contributed by atoms with van der Waals surface area (Å²) in [4.78, 5) is 23.2. The average Bonchev–Trinajstić information content (AvgIpc) is 2.60. The van der Waals surface area contributed by atoms with Gasteiger partial charge in [0, 0.05) is 23.3 Å². The highest BCUT2D eigenvalue weighted by molar-refractivity contribution is 6.30. The van der Waals surface area contributed by atoms with Crippen molar-refractivity contribution in [3.8, 4) is 5.75 Å². The van der Waals surface area contributed by atoms with Crippen molar-refractivity contribution in [1.29, 1.82) is 0 Å². The molecule has 2 rings (SSSR count). The van der Waals surface area contributed by atoms with Crippen LogP contribution in [0.4, 0.5) is 10.5 Å². The lowest BCUT2D eigenvalue weighted by Gasteiger charge is -2.10. The molecule has 0 bridgehead atoms. The average molecular weight is 363 g/mol. The van der Waals surface area contributed by atoms with Gasteiger partial charge in [-0.2, -0.15) is 0 Å². The number of anilines is 1. The third-order valence-electron chi connectivity index (χ3n) is 3.13. The number of rotatable bonds is 7. The first-order chi connectivity index (χ1) is 12.1. The molecule has 0 aliphatic rings. The van der Waals surface area contributed by atoms with Crippen LogP contribution in [0.2, 0.25) is 5.02 Å². The lowest BCUT2D eigenvalue weighted by molar-refractivity contribution is -0.123. The SMILES string of the molecule is CCOC(=O)Nc1cccc(OCC(=O)NCc2ccc(Cl)cc2)c1. The van der Waals surface area contributed by atoms with Gasteiger partial charge in [-0.15, -0.1) is 0 Å². The summed E-state index contributed by atoms with van der Waals surface area (Å²) in [6.45, 7) is 2.28. The zero-order chi connectivity index (χ0) is 18.1. The maximum absolute atomic E-state index is 11.9. The molecule has 0 saturated heterocycles. The van der Waals surface area contributed by atoms with Gasteiger partial charge in [0.2, 0.25) is 0 Å². The predicted octanol–water partition coefficient (Wildman–Crippen LogP) is 3.60. The number of benzene rings is 2. The Morgan fingerprint density at radius 2 is 1.88 bits per heavy atom. The van der Waals surface area contributed by atoms with E-state index < -0.39 is 6.09 Å². The Labute approximate surface area is 151 Å². The van der Waals surface area contributed by atoms with E-state index in [1.165, 1.54) is 0 Å². The van der Waals surface area contributed by atoms with Crippen LogP contribution in [0.3, 0.4) is 0 Å². The van der Waals surface area contributed by atoms with Crippen LogP contribution in [0.25, 0.3) is 0 Å². The van der Waals surface area contributed by atoms with Crippen LogP contribution in [-0.4, -0.2) is 25.2 Å². The Bertz CT molecular complexity index is 719. The summed E-state index contributed by atoms with van der Waals surface area (Å²) in [5, 5.41) is 5.97. The van der Waals surface area contributed by atoms with Gasteiger partial charge in [0.05, 0.1) is 6.61 Å². The second-order valence-corrected chi connectivity index (χ2v) is 5.50. The van der Waals surface area contributed by atoms with Gasteiger partial charge in [0.25, 0.3) is 5.91 Å². The minimum Gasteiger partial charge on any atom is -0.484 e. The summed E-state index contributed by atoms with van der Waals surface area (Å²) < 4.78 is 10.2. The number of amides is 2. The van der Waals surface area contributed by atoms with Crippen LogP contribution in [0.15, 0.2) is 48.5 Å². The molecule has 6 nitrogen and oxygen atoms in total. The standard InChI is InChI=1S/C18H19ClN2O4/c1-2-24-18(23)21-15-4-3-5-16(10-15)25-12-17(22)20-11-13-6-8-14(19)9-7-13/h3-10H,2,11-12H2,1H3,(H,20,22)(H,21,23). The van der Waals surface area contributed by atoms with E-state index in [9.17, 15) is 9.59 Å². The Balaban J connectivity index is 1.79. The molecule has 2 aromatic carbocycles. The summed E-state index contributed by atoms with van der Waals surface area (Å²) in [6, 6.07) is 13.9. The molecule has 25 heavy (non-hydrogen) atoms. The summed E-state index contributed by atoms with van der Waals surface area (Å²) in [7, 11) is 0. The van der Waals surface area contributed by atoms with E-state index in [0.717, 1.165) is 5.56 Å². The number of hydrogen-bond acceptors (Lipinski definition) is 4. The van der Waals surface area contributed by atoms with Crippen molar-refractivity contribution in [1.82, 2.24) is 5.32 Å². The smallest absolute Gasteiger partial charge is 0.411 e. The van der Waals surface area contributed by atoms with E-state index in [4.69, 9.17) is 21.1 Å². The molecule has 2 N–H and O–H groups in total. The molecule has 0 aliphatic heterocycles. The van der Waals surface area contributed by atoms with Crippen molar-refractivity contribution in [2.45, 2.75) is 13.5 Å². The van der Waals surface area contributed by atoms with E-state index in [2.05, 4.69) is 10.6 Å². The van der Waals surface area contributed by atoms with Gasteiger partial charge in [-0.1, -0.05) is 29.8 Å². The molecule has 0 spiro atoms. The maximum Gasteiger partial charge on any atom is 0.411 e. The monoisotopic (exact) mass is 362 g/mol. The molecule has 7 heteroatoms. The Morgan fingerprint density at radius 3 is 2.60 bits per heavy atom. The molecule has 0 unspecified atom stereocenters. The van der Waals surface area contributed by atoms with Gasteiger partial charge in [0.15, 0.2) is 6.61 Å². The Morgan fingerprint density at radius 1 is 1.12 bits per heavy atom. The third kappa shape index (κ3) is 6.73. The summed E-state index contributed by atoms with van der Waals surface area (Å²) in [5.41, 5.74) is 1.47. The minimum absolute atomic E-state index is 0.129. The topological polar surface area (TPSA) is 76.7 Å². The second kappa shape index (κ2) is 9.54. The molecule has 0 fully saturated rings. The van der Waals surface area contributed by atoms with Gasteiger partial charge in [-0.25, -0.2) is 4.79 Å². The van der Waals surface area contributed by atoms with Gasteiger partial charge in [-0.3, -0.25) is 10.1 Å². The molecule has 0 radical (unpaired) electrons. The Kier molecular flexibility index (Phi) is 7.10.